The molecule has 0 unspecified atom stereocenters. The van der Waals surface area contributed by atoms with E-state index in [2.05, 4.69) is 22.6 Å². The van der Waals surface area contributed by atoms with E-state index in [9.17, 15) is 9.59 Å². The minimum Gasteiger partial charge on any atom is -0.452 e. The Balaban J connectivity index is 1.93. The minimum atomic E-state index is -0.552. The summed E-state index contributed by atoms with van der Waals surface area (Å²) in [5, 5.41) is 0. The molecular formula is C13H15IN2O3. The van der Waals surface area contributed by atoms with Crippen molar-refractivity contribution in [2.45, 2.75) is 12.8 Å². The standard InChI is InChI=1S/C13H15IN2O3/c14-9-3-4-11(15)10(7-9)13(18)19-8-12(17)16-5-1-2-6-16/h3-4,7H,1-2,5-6,8,15H2. The van der Waals surface area contributed by atoms with Crippen molar-refractivity contribution in [3.8, 4) is 0 Å². The van der Waals surface area contributed by atoms with E-state index in [4.69, 9.17) is 10.5 Å². The molecule has 0 bridgehead atoms. The second kappa shape index (κ2) is 6.23. The lowest BCUT2D eigenvalue weighted by molar-refractivity contribution is -0.133. The van der Waals surface area contributed by atoms with Gasteiger partial charge in [-0.3, -0.25) is 4.79 Å². The molecule has 0 spiro atoms. The summed E-state index contributed by atoms with van der Waals surface area (Å²) in [7, 11) is 0. The molecule has 2 N–H and O–H groups in total. The molecular weight excluding hydrogens is 359 g/mol. The molecule has 1 aliphatic rings. The summed E-state index contributed by atoms with van der Waals surface area (Å²) in [5.41, 5.74) is 6.39. The lowest BCUT2D eigenvalue weighted by atomic mass is 10.2. The third-order valence-corrected chi connectivity index (χ3v) is 3.69. The van der Waals surface area contributed by atoms with Gasteiger partial charge in [-0.1, -0.05) is 0 Å². The van der Waals surface area contributed by atoms with E-state index >= 15 is 0 Å². The Morgan fingerprint density at radius 2 is 2.00 bits per heavy atom. The van der Waals surface area contributed by atoms with Crippen LogP contribution < -0.4 is 5.73 Å². The molecule has 0 saturated carbocycles. The number of likely N-dealkylation sites (tertiary alicyclic amines) is 1. The largest absolute Gasteiger partial charge is 0.452 e. The zero-order valence-electron chi connectivity index (χ0n) is 10.4. The van der Waals surface area contributed by atoms with Crippen molar-refractivity contribution in [1.82, 2.24) is 4.90 Å². The first-order valence-corrected chi connectivity index (χ1v) is 7.16. The van der Waals surface area contributed by atoms with Gasteiger partial charge in [0.05, 0.1) is 5.56 Å². The van der Waals surface area contributed by atoms with Crippen LogP contribution in [0.3, 0.4) is 0 Å². The summed E-state index contributed by atoms with van der Waals surface area (Å²) in [4.78, 5) is 25.3. The number of nitrogens with two attached hydrogens (primary N) is 1. The first-order valence-electron chi connectivity index (χ1n) is 6.08. The zero-order chi connectivity index (χ0) is 13.8. The van der Waals surface area contributed by atoms with Gasteiger partial charge in [0.1, 0.15) is 0 Å². The van der Waals surface area contributed by atoms with E-state index in [0.717, 1.165) is 29.5 Å². The number of nitrogen functional groups attached to an aromatic ring is 1. The molecule has 2 rings (SSSR count). The lowest BCUT2D eigenvalue weighted by Crippen LogP contribution is -2.32. The van der Waals surface area contributed by atoms with Crippen LogP contribution in [0.5, 0.6) is 0 Å². The van der Waals surface area contributed by atoms with E-state index in [1.807, 2.05) is 6.07 Å². The van der Waals surface area contributed by atoms with Gasteiger partial charge in [0.2, 0.25) is 0 Å². The monoisotopic (exact) mass is 374 g/mol. The number of anilines is 1. The number of carbonyl (C=O) groups is 2. The quantitative estimate of drug-likeness (QED) is 0.496. The highest BCUT2D eigenvalue weighted by Crippen LogP contribution is 2.17. The number of hydrogen-bond donors (Lipinski definition) is 1. The Bertz CT molecular complexity index is 499. The Morgan fingerprint density at radius 1 is 1.32 bits per heavy atom. The Hall–Kier alpha value is -1.31. The van der Waals surface area contributed by atoms with Crippen molar-refractivity contribution in [2.75, 3.05) is 25.4 Å². The normalized spacial score (nSPS) is 14.5. The Labute approximate surface area is 125 Å². The van der Waals surface area contributed by atoms with Gasteiger partial charge in [-0.15, -0.1) is 0 Å². The summed E-state index contributed by atoms with van der Waals surface area (Å²) < 4.78 is 5.92. The van der Waals surface area contributed by atoms with Crippen molar-refractivity contribution < 1.29 is 14.3 Å². The fourth-order valence-electron chi connectivity index (χ4n) is 1.97. The predicted octanol–water partition coefficient (Wildman–Crippen LogP) is 1.65. The average Bonchev–Trinajstić information content (AvgIpc) is 2.92. The van der Waals surface area contributed by atoms with Crippen LogP contribution in [0.25, 0.3) is 0 Å². The van der Waals surface area contributed by atoms with Crippen LogP contribution in [0.2, 0.25) is 0 Å². The molecule has 1 fully saturated rings. The topological polar surface area (TPSA) is 72.6 Å². The van der Waals surface area contributed by atoms with E-state index in [-0.39, 0.29) is 12.5 Å². The van der Waals surface area contributed by atoms with E-state index in [0.29, 0.717) is 11.3 Å². The van der Waals surface area contributed by atoms with Crippen LogP contribution in [-0.4, -0.2) is 36.5 Å². The van der Waals surface area contributed by atoms with E-state index in [1.54, 1.807) is 17.0 Å². The molecule has 1 saturated heterocycles. The molecule has 0 radical (unpaired) electrons. The van der Waals surface area contributed by atoms with Crippen LogP contribution in [0.15, 0.2) is 18.2 Å². The van der Waals surface area contributed by atoms with Gasteiger partial charge in [0.15, 0.2) is 6.61 Å². The van der Waals surface area contributed by atoms with Crippen LogP contribution in [0, 0.1) is 3.57 Å². The fourth-order valence-corrected chi connectivity index (χ4v) is 2.46. The number of benzene rings is 1. The van der Waals surface area contributed by atoms with Crippen LogP contribution in [-0.2, 0) is 9.53 Å². The Morgan fingerprint density at radius 3 is 2.68 bits per heavy atom. The molecule has 1 aromatic rings. The number of esters is 1. The molecule has 0 aromatic heterocycles. The highest BCUT2D eigenvalue weighted by Gasteiger charge is 2.20. The molecule has 102 valence electrons. The highest BCUT2D eigenvalue weighted by atomic mass is 127. The summed E-state index contributed by atoms with van der Waals surface area (Å²) in [6, 6.07) is 5.11. The van der Waals surface area contributed by atoms with Gasteiger partial charge in [-0.2, -0.15) is 0 Å². The molecule has 1 aromatic carbocycles. The summed E-state index contributed by atoms with van der Waals surface area (Å²) >= 11 is 2.09. The molecule has 1 aliphatic heterocycles. The van der Waals surface area contributed by atoms with Crippen LogP contribution in [0.4, 0.5) is 5.69 Å². The van der Waals surface area contributed by atoms with Crippen LogP contribution in [0.1, 0.15) is 23.2 Å². The Kier molecular flexibility index (Phi) is 4.62. The number of rotatable bonds is 3. The first kappa shape index (κ1) is 14.1. The van der Waals surface area contributed by atoms with Crippen molar-refractivity contribution >= 4 is 40.2 Å². The molecule has 1 heterocycles. The van der Waals surface area contributed by atoms with Crippen molar-refractivity contribution in [1.29, 1.82) is 0 Å². The van der Waals surface area contributed by atoms with Crippen molar-refractivity contribution in [3.05, 3.63) is 27.3 Å². The van der Waals surface area contributed by atoms with Crippen molar-refractivity contribution in [3.63, 3.8) is 0 Å². The van der Waals surface area contributed by atoms with Gasteiger partial charge in [0, 0.05) is 22.3 Å². The third-order valence-electron chi connectivity index (χ3n) is 3.02. The molecule has 0 atom stereocenters. The third kappa shape index (κ3) is 3.59. The number of ether oxygens (including phenoxy) is 1. The summed E-state index contributed by atoms with van der Waals surface area (Å²) in [6.07, 6.45) is 2.03. The number of nitrogens with zero attached hydrogens (tertiary/aromatic N) is 1. The lowest BCUT2D eigenvalue weighted by Gasteiger charge is -2.15. The summed E-state index contributed by atoms with van der Waals surface area (Å²) in [6.45, 7) is 1.28. The van der Waals surface area contributed by atoms with E-state index < -0.39 is 5.97 Å². The number of hydrogen-bond acceptors (Lipinski definition) is 4. The molecule has 6 heteroatoms. The molecule has 0 aliphatic carbocycles. The van der Waals surface area contributed by atoms with Gasteiger partial charge < -0.3 is 15.4 Å². The zero-order valence-corrected chi connectivity index (χ0v) is 12.6. The molecule has 1 amide bonds. The van der Waals surface area contributed by atoms with Gasteiger partial charge in [-0.05, 0) is 53.6 Å². The molecule has 5 nitrogen and oxygen atoms in total. The second-order valence-corrected chi connectivity index (χ2v) is 5.64. The van der Waals surface area contributed by atoms with Gasteiger partial charge in [-0.25, -0.2) is 4.79 Å². The maximum atomic E-state index is 11.9. The number of amides is 1. The smallest absolute Gasteiger partial charge is 0.340 e. The first-order chi connectivity index (χ1) is 9.08. The maximum absolute atomic E-state index is 11.9. The van der Waals surface area contributed by atoms with Gasteiger partial charge in [0.25, 0.3) is 5.91 Å². The second-order valence-electron chi connectivity index (χ2n) is 4.40. The maximum Gasteiger partial charge on any atom is 0.340 e. The van der Waals surface area contributed by atoms with E-state index in [1.165, 1.54) is 0 Å². The number of carbonyl (C=O) groups excluding carboxylic acids is 2. The SMILES string of the molecule is Nc1ccc(I)cc1C(=O)OCC(=O)N1CCCC1. The number of halogens is 1. The van der Waals surface area contributed by atoms with Crippen LogP contribution >= 0.6 is 22.6 Å². The minimum absolute atomic E-state index is 0.143. The molecule has 19 heavy (non-hydrogen) atoms. The fraction of sp³-hybridized carbons (Fsp3) is 0.385. The average molecular weight is 374 g/mol. The van der Waals surface area contributed by atoms with Crippen molar-refractivity contribution in [2.24, 2.45) is 0 Å². The summed E-state index contributed by atoms with van der Waals surface area (Å²) in [5.74, 6) is -0.696. The van der Waals surface area contributed by atoms with Gasteiger partial charge >= 0.3 is 5.97 Å². The predicted molar refractivity (Wildman–Crippen MR) is 79.7 cm³/mol. The highest BCUT2D eigenvalue weighted by molar-refractivity contribution is 14.1.